The molecule has 0 aliphatic carbocycles. The molecule has 1 unspecified atom stereocenters. The van der Waals surface area contributed by atoms with E-state index < -0.39 is 35.7 Å². The lowest BCUT2D eigenvalue weighted by Gasteiger charge is -2.31. The Morgan fingerprint density at radius 2 is 1.74 bits per heavy atom. The van der Waals surface area contributed by atoms with Crippen molar-refractivity contribution in [3.05, 3.63) is 53.4 Å². The van der Waals surface area contributed by atoms with Crippen molar-refractivity contribution >= 4 is 5.71 Å². The van der Waals surface area contributed by atoms with Crippen LogP contribution in [0.2, 0.25) is 0 Å². The Labute approximate surface area is 151 Å². The maximum Gasteiger partial charge on any atom is 0.431 e. The van der Waals surface area contributed by atoms with Gasteiger partial charge in [-0.05, 0) is 19.1 Å². The average Bonchev–Trinajstić information content (AvgIpc) is 2.91. The molecule has 0 fully saturated rings. The second-order valence-electron chi connectivity index (χ2n) is 6.26. The van der Waals surface area contributed by atoms with Gasteiger partial charge < -0.3 is 4.74 Å². The SMILES string of the molecule is CN1N=C(C(F)(F)F)CC1(C)c1cnc(OCc2c(F)cccc2F)nc1. The summed E-state index contributed by atoms with van der Waals surface area (Å²) in [5.41, 5.74) is -1.82. The number of aromatic nitrogens is 2. The molecule has 0 saturated carbocycles. The molecule has 5 nitrogen and oxygen atoms in total. The van der Waals surface area contributed by atoms with E-state index in [9.17, 15) is 22.0 Å². The molecule has 0 radical (unpaired) electrons. The van der Waals surface area contributed by atoms with Crippen LogP contribution in [-0.2, 0) is 12.1 Å². The standard InChI is InChI=1S/C17H15F5N4O/c1-16(6-14(17(20,21)22)25-26(16)2)10-7-23-15(24-8-10)27-9-11-12(18)4-3-5-13(11)19/h3-5,7-8H,6,9H2,1-2H3. The Bertz CT molecular complexity index is 848. The number of nitrogens with zero attached hydrogens (tertiary/aromatic N) is 4. The summed E-state index contributed by atoms with van der Waals surface area (Å²) >= 11 is 0. The summed E-state index contributed by atoms with van der Waals surface area (Å²) in [7, 11) is 1.43. The number of halogens is 5. The van der Waals surface area contributed by atoms with Crippen LogP contribution in [0, 0.1) is 11.6 Å². The van der Waals surface area contributed by atoms with Crippen LogP contribution in [0.3, 0.4) is 0 Å². The van der Waals surface area contributed by atoms with Gasteiger partial charge >= 0.3 is 12.2 Å². The van der Waals surface area contributed by atoms with Gasteiger partial charge in [0.1, 0.15) is 24.0 Å². The van der Waals surface area contributed by atoms with Gasteiger partial charge in [0.05, 0.1) is 11.1 Å². The second kappa shape index (κ2) is 6.75. The highest BCUT2D eigenvalue weighted by Crippen LogP contribution is 2.39. The predicted octanol–water partition coefficient (Wildman–Crippen LogP) is 3.80. The maximum atomic E-state index is 13.6. The number of hydrogen-bond acceptors (Lipinski definition) is 5. The van der Waals surface area contributed by atoms with Crippen LogP contribution < -0.4 is 4.74 Å². The van der Waals surface area contributed by atoms with Crippen molar-refractivity contribution in [2.24, 2.45) is 5.10 Å². The third-order valence-corrected chi connectivity index (χ3v) is 4.48. The topological polar surface area (TPSA) is 50.6 Å². The number of benzene rings is 1. The molecule has 3 rings (SSSR count). The average molecular weight is 386 g/mol. The van der Waals surface area contributed by atoms with Crippen LogP contribution in [-0.4, -0.2) is 33.9 Å². The summed E-state index contributed by atoms with van der Waals surface area (Å²) in [4.78, 5) is 7.85. The molecule has 0 amide bonds. The smallest absolute Gasteiger partial charge is 0.431 e. The molecule has 0 saturated heterocycles. The van der Waals surface area contributed by atoms with Crippen molar-refractivity contribution < 1.29 is 26.7 Å². The summed E-state index contributed by atoms with van der Waals surface area (Å²) in [5, 5.41) is 4.77. The van der Waals surface area contributed by atoms with Crippen LogP contribution >= 0.6 is 0 Å². The molecule has 1 aromatic heterocycles. The Balaban J connectivity index is 1.73. The van der Waals surface area contributed by atoms with Crippen molar-refractivity contribution in [2.75, 3.05) is 7.05 Å². The lowest BCUT2D eigenvalue weighted by atomic mass is 9.89. The summed E-state index contributed by atoms with van der Waals surface area (Å²) in [6, 6.07) is 3.28. The van der Waals surface area contributed by atoms with E-state index in [1.54, 1.807) is 6.92 Å². The summed E-state index contributed by atoms with van der Waals surface area (Å²) in [6.07, 6.45) is -2.24. The van der Waals surface area contributed by atoms with E-state index in [4.69, 9.17) is 4.74 Å². The van der Waals surface area contributed by atoms with Gasteiger partial charge in [0.2, 0.25) is 0 Å². The van der Waals surface area contributed by atoms with Gasteiger partial charge in [0.15, 0.2) is 0 Å². The highest BCUT2D eigenvalue weighted by Gasteiger charge is 2.48. The maximum absolute atomic E-state index is 13.6. The van der Waals surface area contributed by atoms with Gasteiger partial charge in [0.25, 0.3) is 0 Å². The van der Waals surface area contributed by atoms with E-state index in [2.05, 4.69) is 15.1 Å². The van der Waals surface area contributed by atoms with E-state index in [-0.39, 0.29) is 18.0 Å². The summed E-state index contributed by atoms with van der Waals surface area (Å²) in [6.45, 7) is 1.17. The van der Waals surface area contributed by atoms with E-state index in [0.29, 0.717) is 5.56 Å². The Morgan fingerprint density at radius 3 is 2.26 bits per heavy atom. The van der Waals surface area contributed by atoms with E-state index >= 15 is 0 Å². The van der Waals surface area contributed by atoms with Gasteiger partial charge in [-0.2, -0.15) is 18.3 Å². The molecule has 0 bridgehead atoms. The number of hydrazone groups is 1. The van der Waals surface area contributed by atoms with Crippen molar-refractivity contribution in [2.45, 2.75) is 31.7 Å². The fraction of sp³-hybridized carbons (Fsp3) is 0.353. The van der Waals surface area contributed by atoms with E-state index in [1.807, 2.05) is 0 Å². The van der Waals surface area contributed by atoms with Crippen LogP contribution in [0.5, 0.6) is 6.01 Å². The first kappa shape index (κ1) is 19.0. The monoisotopic (exact) mass is 386 g/mol. The molecular weight excluding hydrogens is 371 g/mol. The molecule has 2 heterocycles. The summed E-state index contributed by atoms with van der Waals surface area (Å²) < 4.78 is 71.1. The molecule has 0 N–H and O–H groups in total. The predicted molar refractivity (Wildman–Crippen MR) is 85.9 cm³/mol. The molecule has 1 aromatic carbocycles. The van der Waals surface area contributed by atoms with Crippen molar-refractivity contribution in [1.29, 1.82) is 0 Å². The number of ether oxygens (including phenoxy) is 1. The van der Waals surface area contributed by atoms with Gasteiger partial charge in [-0.3, -0.25) is 5.01 Å². The van der Waals surface area contributed by atoms with Crippen LogP contribution in [0.1, 0.15) is 24.5 Å². The minimum absolute atomic E-state index is 0.150. The molecule has 1 atom stereocenters. The highest BCUT2D eigenvalue weighted by atomic mass is 19.4. The van der Waals surface area contributed by atoms with Gasteiger partial charge in [0, 0.05) is 31.4 Å². The fourth-order valence-corrected chi connectivity index (χ4v) is 2.69. The molecule has 0 spiro atoms. The zero-order valence-corrected chi connectivity index (χ0v) is 14.4. The summed E-state index contributed by atoms with van der Waals surface area (Å²) in [5.74, 6) is -1.52. The Hall–Kier alpha value is -2.78. The first-order valence-electron chi connectivity index (χ1n) is 7.88. The third-order valence-electron chi connectivity index (χ3n) is 4.48. The van der Waals surface area contributed by atoms with Gasteiger partial charge in [-0.1, -0.05) is 6.07 Å². The van der Waals surface area contributed by atoms with Gasteiger partial charge in [-0.25, -0.2) is 18.7 Å². The first-order valence-corrected chi connectivity index (χ1v) is 7.88. The van der Waals surface area contributed by atoms with Crippen LogP contribution in [0.25, 0.3) is 0 Å². The molecular formula is C17H15F5N4O. The van der Waals surface area contributed by atoms with Crippen LogP contribution in [0.4, 0.5) is 22.0 Å². The molecule has 1 aliphatic rings. The zero-order chi connectivity index (χ0) is 19.8. The Morgan fingerprint density at radius 1 is 1.15 bits per heavy atom. The van der Waals surface area contributed by atoms with Crippen molar-refractivity contribution in [3.63, 3.8) is 0 Å². The molecule has 1 aliphatic heterocycles. The Kier molecular flexibility index (Phi) is 4.75. The fourth-order valence-electron chi connectivity index (χ4n) is 2.69. The normalized spacial score (nSPS) is 20.0. The lowest BCUT2D eigenvalue weighted by molar-refractivity contribution is -0.0603. The lowest BCUT2D eigenvalue weighted by Crippen LogP contribution is -2.35. The molecule has 2 aromatic rings. The number of alkyl halides is 3. The van der Waals surface area contributed by atoms with E-state index in [1.165, 1.54) is 30.5 Å². The molecule has 144 valence electrons. The van der Waals surface area contributed by atoms with Crippen molar-refractivity contribution in [1.82, 2.24) is 15.0 Å². The van der Waals surface area contributed by atoms with Gasteiger partial charge in [-0.15, -0.1) is 0 Å². The number of rotatable bonds is 4. The van der Waals surface area contributed by atoms with Crippen LogP contribution in [0.15, 0.2) is 35.7 Å². The number of hydrogen-bond donors (Lipinski definition) is 0. The van der Waals surface area contributed by atoms with E-state index in [0.717, 1.165) is 12.1 Å². The minimum Gasteiger partial charge on any atom is -0.458 e. The quantitative estimate of drug-likeness (QED) is 0.750. The first-order chi connectivity index (χ1) is 12.6. The largest absolute Gasteiger partial charge is 0.458 e. The molecule has 27 heavy (non-hydrogen) atoms. The third kappa shape index (κ3) is 3.69. The highest BCUT2D eigenvalue weighted by molar-refractivity contribution is 5.91. The molecule has 10 heteroatoms. The second-order valence-corrected chi connectivity index (χ2v) is 6.26. The van der Waals surface area contributed by atoms with Crippen molar-refractivity contribution in [3.8, 4) is 6.01 Å². The minimum atomic E-state index is -4.51. The zero-order valence-electron chi connectivity index (χ0n) is 14.4.